The number of fused-ring (bicyclic) bond motifs is 3. The zero-order chi connectivity index (χ0) is 16.9. The molecular formula is C19H20O4. The lowest BCUT2D eigenvalue weighted by molar-refractivity contribution is -0.129. The summed E-state index contributed by atoms with van der Waals surface area (Å²) in [5.74, 6) is -0.00245. The van der Waals surface area contributed by atoms with E-state index < -0.39 is 5.92 Å². The van der Waals surface area contributed by atoms with Crippen molar-refractivity contribution in [2.45, 2.75) is 26.7 Å². The fourth-order valence-corrected chi connectivity index (χ4v) is 3.96. The second-order valence-electron chi connectivity index (χ2n) is 6.10. The van der Waals surface area contributed by atoms with Crippen LogP contribution in [-0.2, 0) is 9.59 Å². The van der Waals surface area contributed by atoms with E-state index in [2.05, 4.69) is 0 Å². The second kappa shape index (κ2) is 5.37. The number of carbonyl (C=O) groups is 2. The Labute approximate surface area is 135 Å². The Hall–Kier alpha value is -2.36. The zero-order valence-electron chi connectivity index (χ0n) is 14.0. The number of hydrogen-bond acceptors (Lipinski definition) is 4. The normalized spacial score (nSPS) is 22.5. The zero-order valence-corrected chi connectivity index (χ0v) is 14.0. The van der Waals surface area contributed by atoms with Gasteiger partial charge in [0.1, 0.15) is 5.78 Å². The average Bonchev–Trinajstić information content (AvgIpc) is 2.79. The van der Waals surface area contributed by atoms with Gasteiger partial charge in [0.05, 0.1) is 20.1 Å². The molecule has 0 fully saturated rings. The molecule has 3 rings (SSSR count). The van der Waals surface area contributed by atoms with Crippen molar-refractivity contribution in [2.75, 3.05) is 14.2 Å². The molecule has 120 valence electrons. The summed E-state index contributed by atoms with van der Waals surface area (Å²) in [4.78, 5) is 24.7. The van der Waals surface area contributed by atoms with Gasteiger partial charge >= 0.3 is 0 Å². The molecule has 0 spiro atoms. The molecule has 0 amide bonds. The van der Waals surface area contributed by atoms with E-state index in [0.29, 0.717) is 11.5 Å². The van der Waals surface area contributed by atoms with Gasteiger partial charge in [0.15, 0.2) is 17.3 Å². The van der Waals surface area contributed by atoms with Crippen molar-refractivity contribution in [3.8, 4) is 11.5 Å². The Balaban J connectivity index is 2.34. The highest BCUT2D eigenvalue weighted by Crippen LogP contribution is 2.55. The second-order valence-corrected chi connectivity index (χ2v) is 6.10. The molecule has 2 aliphatic carbocycles. The number of ether oxygens (including phenoxy) is 2. The van der Waals surface area contributed by atoms with Gasteiger partial charge in [-0.3, -0.25) is 9.59 Å². The predicted octanol–water partition coefficient (Wildman–Crippen LogP) is 3.31. The summed E-state index contributed by atoms with van der Waals surface area (Å²) in [5, 5.41) is 0. The molecule has 0 radical (unpaired) electrons. The number of ketones is 2. The van der Waals surface area contributed by atoms with Crippen molar-refractivity contribution >= 4 is 17.1 Å². The molecule has 0 bridgehead atoms. The maximum atomic E-state index is 12.5. The van der Waals surface area contributed by atoms with Crippen LogP contribution in [0.4, 0.5) is 0 Å². The first kappa shape index (κ1) is 15.5. The fourth-order valence-electron chi connectivity index (χ4n) is 3.96. The van der Waals surface area contributed by atoms with Gasteiger partial charge < -0.3 is 9.47 Å². The summed E-state index contributed by atoms with van der Waals surface area (Å²) < 4.78 is 11.0. The van der Waals surface area contributed by atoms with Gasteiger partial charge in [0, 0.05) is 11.5 Å². The van der Waals surface area contributed by atoms with Crippen LogP contribution in [0, 0.1) is 5.92 Å². The van der Waals surface area contributed by atoms with Crippen LogP contribution in [0.25, 0.3) is 5.57 Å². The summed E-state index contributed by atoms with van der Waals surface area (Å²) in [6, 6.07) is 3.84. The van der Waals surface area contributed by atoms with Gasteiger partial charge in [-0.15, -0.1) is 0 Å². The Morgan fingerprint density at radius 1 is 1.13 bits per heavy atom. The van der Waals surface area contributed by atoms with E-state index in [4.69, 9.17) is 9.47 Å². The lowest BCUT2D eigenvalue weighted by atomic mass is 9.72. The lowest BCUT2D eigenvalue weighted by Gasteiger charge is -2.29. The molecule has 0 saturated heterocycles. The van der Waals surface area contributed by atoms with Gasteiger partial charge in [0.25, 0.3) is 0 Å². The summed E-state index contributed by atoms with van der Waals surface area (Å²) in [6.45, 7) is 5.44. The molecular weight excluding hydrogens is 292 g/mol. The van der Waals surface area contributed by atoms with Crippen LogP contribution in [-0.4, -0.2) is 25.8 Å². The third kappa shape index (κ3) is 2.05. The number of hydrogen-bond donors (Lipinski definition) is 0. The third-order valence-corrected chi connectivity index (χ3v) is 4.88. The summed E-state index contributed by atoms with van der Waals surface area (Å²) >= 11 is 0. The van der Waals surface area contributed by atoms with Gasteiger partial charge in [-0.2, -0.15) is 0 Å². The van der Waals surface area contributed by atoms with E-state index in [9.17, 15) is 9.59 Å². The largest absolute Gasteiger partial charge is 0.493 e. The van der Waals surface area contributed by atoms with Gasteiger partial charge in [-0.25, -0.2) is 0 Å². The molecule has 1 aromatic rings. The summed E-state index contributed by atoms with van der Waals surface area (Å²) in [5.41, 5.74) is 4.99. The minimum absolute atomic E-state index is 0.119. The van der Waals surface area contributed by atoms with Crippen LogP contribution in [0.2, 0.25) is 0 Å². The first-order chi connectivity index (χ1) is 10.9. The van der Waals surface area contributed by atoms with Crippen molar-refractivity contribution < 1.29 is 19.1 Å². The molecule has 0 heterocycles. The van der Waals surface area contributed by atoms with E-state index in [-0.39, 0.29) is 17.5 Å². The van der Waals surface area contributed by atoms with Gasteiger partial charge in [-0.05, 0) is 55.2 Å². The molecule has 4 nitrogen and oxygen atoms in total. The number of carbonyl (C=O) groups excluding carboxylic acids is 2. The molecule has 23 heavy (non-hydrogen) atoms. The molecule has 2 unspecified atom stereocenters. The van der Waals surface area contributed by atoms with Gasteiger partial charge in [0.2, 0.25) is 0 Å². The number of methoxy groups -OCH3 is 2. The smallest absolute Gasteiger partial charge is 0.167 e. The van der Waals surface area contributed by atoms with Gasteiger partial charge in [-0.1, -0.05) is 6.07 Å². The molecule has 0 aromatic heterocycles. The van der Waals surface area contributed by atoms with Crippen LogP contribution in [0.3, 0.4) is 0 Å². The van der Waals surface area contributed by atoms with E-state index in [1.807, 2.05) is 26.0 Å². The molecule has 2 atom stereocenters. The van der Waals surface area contributed by atoms with Crippen molar-refractivity contribution in [1.82, 2.24) is 0 Å². The number of benzene rings is 1. The van der Waals surface area contributed by atoms with Crippen molar-refractivity contribution in [3.63, 3.8) is 0 Å². The van der Waals surface area contributed by atoms with Crippen LogP contribution in [0.1, 0.15) is 37.8 Å². The average molecular weight is 312 g/mol. The van der Waals surface area contributed by atoms with E-state index >= 15 is 0 Å². The number of rotatable bonds is 3. The number of allylic oxidation sites excluding steroid dienone is 4. The maximum Gasteiger partial charge on any atom is 0.167 e. The van der Waals surface area contributed by atoms with Crippen LogP contribution >= 0.6 is 0 Å². The lowest BCUT2D eigenvalue weighted by Crippen LogP contribution is -2.31. The molecule has 2 aliphatic rings. The third-order valence-electron chi connectivity index (χ3n) is 4.88. The Morgan fingerprint density at radius 2 is 1.83 bits per heavy atom. The highest BCUT2D eigenvalue weighted by atomic mass is 16.5. The predicted molar refractivity (Wildman–Crippen MR) is 87.8 cm³/mol. The molecule has 0 saturated carbocycles. The van der Waals surface area contributed by atoms with Crippen molar-refractivity contribution in [2.24, 2.45) is 5.92 Å². The molecule has 0 N–H and O–H groups in total. The minimum Gasteiger partial charge on any atom is -0.493 e. The quantitative estimate of drug-likeness (QED) is 0.804. The molecule has 0 aliphatic heterocycles. The summed E-state index contributed by atoms with van der Waals surface area (Å²) in [7, 11) is 3.17. The molecule has 1 aromatic carbocycles. The first-order valence-electron chi connectivity index (χ1n) is 7.61. The highest BCUT2D eigenvalue weighted by Gasteiger charge is 2.45. The molecule has 4 heteroatoms. The first-order valence-corrected chi connectivity index (χ1v) is 7.61. The van der Waals surface area contributed by atoms with Crippen LogP contribution in [0.5, 0.6) is 11.5 Å². The topological polar surface area (TPSA) is 52.6 Å². The van der Waals surface area contributed by atoms with Crippen molar-refractivity contribution in [3.05, 3.63) is 40.5 Å². The Morgan fingerprint density at radius 3 is 2.39 bits per heavy atom. The number of Topliss-reactive ketones (excluding diaryl/α,β-unsaturated/α-hetero) is 1. The van der Waals surface area contributed by atoms with Crippen LogP contribution in [0.15, 0.2) is 29.4 Å². The monoisotopic (exact) mass is 312 g/mol. The Bertz CT molecular complexity index is 783. The van der Waals surface area contributed by atoms with Crippen LogP contribution < -0.4 is 9.47 Å². The Kier molecular flexibility index (Phi) is 3.63. The highest BCUT2D eigenvalue weighted by molar-refractivity contribution is 6.11. The van der Waals surface area contributed by atoms with Crippen molar-refractivity contribution in [1.29, 1.82) is 0 Å². The SMILES string of the molecule is COc1ccc2c(c1OC)C1C(=C2C)C(C)=CC(=O)C1C(C)=O. The van der Waals surface area contributed by atoms with E-state index in [1.54, 1.807) is 20.3 Å². The maximum absolute atomic E-state index is 12.5. The minimum atomic E-state index is -0.689. The standard InChI is InChI=1S/C19H20O4/c1-9-8-13(21)16(11(3)20)18-15(9)10(2)12-6-7-14(22-4)19(23-5)17(12)18/h6-8,16,18H,1-5H3. The fraction of sp³-hybridized carbons (Fsp3) is 0.368. The van der Waals surface area contributed by atoms with E-state index in [0.717, 1.165) is 27.8 Å². The summed E-state index contributed by atoms with van der Waals surface area (Å²) in [6.07, 6.45) is 1.59. The van der Waals surface area contributed by atoms with E-state index in [1.165, 1.54) is 6.92 Å².